The summed E-state index contributed by atoms with van der Waals surface area (Å²) >= 11 is 6.03. The Morgan fingerprint density at radius 1 is 1.21 bits per heavy atom. The highest BCUT2D eigenvalue weighted by molar-refractivity contribution is 6.33. The van der Waals surface area contributed by atoms with Crippen molar-refractivity contribution in [2.75, 3.05) is 24.8 Å². The first-order valence-corrected chi connectivity index (χ1v) is 6.37. The maximum Gasteiger partial charge on any atom is 0.120 e. The minimum absolute atomic E-state index is 0.594. The highest BCUT2D eigenvalue weighted by Gasteiger charge is 2.05. The van der Waals surface area contributed by atoms with Crippen LogP contribution in [-0.4, -0.2) is 14.2 Å². The zero-order valence-electron chi connectivity index (χ0n) is 11.1. The van der Waals surface area contributed by atoms with E-state index in [4.69, 9.17) is 22.1 Å². The van der Waals surface area contributed by atoms with E-state index in [1.54, 1.807) is 7.11 Å². The van der Waals surface area contributed by atoms with E-state index in [1.807, 2.05) is 49.5 Å². The first-order valence-electron chi connectivity index (χ1n) is 5.99. The zero-order chi connectivity index (χ0) is 13.8. The Morgan fingerprint density at radius 2 is 2.00 bits per heavy atom. The summed E-state index contributed by atoms with van der Waals surface area (Å²) < 4.78 is 5.23. The van der Waals surface area contributed by atoms with Crippen LogP contribution in [0.3, 0.4) is 0 Å². The number of ether oxygens (including phenoxy) is 1. The molecule has 0 fully saturated rings. The third kappa shape index (κ3) is 3.32. The minimum atomic E-state index is 0.594. The Morgan fingerprint density at radius 3 is 2.68 bits per heavy atom. The van der Waals surface area contributed by atoms with Crippen LogP contribution in [0.4, 0.5) is 11.4 Å². The SMILES string of the molecule is COc1cccc(N(C)Cc2ccc(N)c(Cl)c2)c1. The van der Waals surface area contributed by atoms with Gasteiger partial charge >= 0.3 is 0 Å². The lowest BCUT2D eigenvalue weighted by molar-refractivity contribution is 0.415. The average molecular weight is 277 g/mol. The van der Waals surface area contributed by atoms with E-state index in [-0.39, 0.29) is 0 Å². The highest BCUT2D eigenvalue weighted by Crippen LogP contribution is 2.24. The quantitative estimate of drug-likeness (QED) is 0.868. The van der Waals surface area contributed by atoms with Crippen LogP contribution in [0.25, 0.3) is 0 Å². The number of anilines is 2. The molecule has 0 unspecified atom stereocenters. The van der Waals surface area contributed by atoms with Crippen molar-refractivity contribution in [1.29, 1.82) is 0 Å². The van der Waals surface area contributed by atoms with Crippen molar-refractivity contribution in [2.24, 2.45) is 0 Å². The van der Waals surface area contributed by atoms with Gasteiger partial charge in [0.05, 0.1) is 17.8 Å². The molecule has 0 saturated heterocycles. The molecule has 2 aromatic carbocycles. The predicted octanol–water partition coefficient (Wildman–Crippen LogP) is 3.57. The van der Waals surface area contributed by atoms with Crippen LogP contribution < -0.4 is 15.4 Å². The molecule has 0 saturated carbocycles. The molecule has 100 valence electrons. The van der Waals surface area contributed by atoms with Gasteiger partial charge in [0.2, 0.25) is 0 Å². The molecule has 19 heavy (non-hydrogen) atoms. The van der Waals surface area contributed by atoms with E-state index in [0.29, 0.717) is 10.7 Å². The zero-order valence-corrected chi connectivity index (χ0v) is 11.8. The monoisotopic (exact) mass is 276 g/mol. The summed E-state index contributed by atoms with van der Waals surface area (Å²) in [4.78, 5) is 2.13. The van der Waals surface area contributed by atoms with Gasteiger partial charge in [-0.3, -0.25) is 0 Å². The average Bonchev–Trinajstić information content (AvgIpc) is 2.43. The summed E-state index contributed by atoms with van der Waals surface area (Å²) in [6.07, 6.45) is 0. The van der Waals surface area contributed by atoms with E-state index >= 15 is 0 Å². The highest BCUT2D eigenvalue weighted by atomic mass is 35.5. The number of methoxy groups -OCH3 is 1. The first-order chi connectivity index (χ1) is 9.10. The van der Waals surface area contributed by atoms with E-state index in [2.05, 4.69) is 4.90 Å². The largest absolute Gasteiger partial charge is 0.497 e. The van der Waals surface area contributed by atoms with Crippen LogP contribution >= 0.6 is 11.6 Å². The van der Waals surface area contributed by atoms with Crippen molar-refractivity contribution in [3.63, 3.8) is 0 Å². The maximum absolute atomic E-state index is 6.03. The van der Waals surface area contributed by atoms with E-state index in [9.17, 15) is 0 Å². The topological polar surface area (TPSA) is 38.5 Å². The van der Waals surface area contributed by atoms with Gasteiger partial charge in [-0.1, -0.05) is 23.7 Å². The molecule has 0 aliphatic rings. The fourth-order valence-electron chi connectivity index (χ4n) is 1.88. The molecule has 0 heterocycles. The second-order valence-electron chi connectivity index (χ2n) is 4.41. The Bertz CT molecular complexity index is 572. The molecule has 0 bridgehead atoms. The Kier molecular flexibility index (Phi) is 4.17. The standard InChI is InChI=1S/C15H17ClN2O/c1-18(12-4-3-5-13(9-12)19-2)10-11-6-7-15(17)14(16)8-11/h3-9H,10,17H2,1-2H3. The molecular weight excluding hydrogens is 260 g/mol. The number of nitrogens with zero attached hydrogens (tertiary/aromatic N) is 1. The van der Waals surface area contributed by atoms with Gasteiger partial charge in [-0.15, -0.1) is 0 Å². The fourth-order valence-corrected chi connectivity index (χ4v) is 2.09. The molecule has 2 N–H and O–H groups in total. The molecule has 0 amide bonds. The number of rotatable bonds is 4. The van der Waals surface area contributed by atoms with Gasteiger partial charge in [0.15, 0.2) is 0 Å². The van der Waals surface area contributed by atoms with Gasteiger partial charge in [-0.2, -0.15) is 0 Å². The number of nitrogens with two attached hydrogens (primary N) is 1. The summed E-state index contributed by atoms with van der Waals surface area (Å²) in [7, 11) is 3.69. The number of hydrogen-bond acceptors (Lipinski definition) is 3. The summed E-state index contributed by atoms with van der Waals surface area (Å²) in [5.41, 5.74) is 8.52. The fraction of sp³-hybridized carbons (Fsp3) is 0.200. The van der Waals surface area contributed by atoms with Crippen molar-refractivity contribution >= 4 is 23.0 Å². The lowest BCUT2D eigenvalue weighted by atomic mass is 10.2. The first kappa shape index (κ1) is 13.6. The molecule has 0 aliphatic carbocycles. The van der Waals surface area contributed by atoms with Crippen molar-refractivity contribution in [3.8, 4) is 5.75 Å². The van der Waals surface area contributed by atoms with Crippen LogP contribution in [0.1, 0.15) is 5.56 Å². The van der Waals surface area contributed by atoms with Gasteiger partial charge in [-0.05, 0) is 29.8 Å². The normalized spacial score (nSPS) is 10.3. The molecule has 4 heteroatoms. The smallest absolute Gasteiger partial charge is 0.120 e. The van der Waals surface area contributed by atoms with Gasteiger partial charge in [-0.25, -0.2) is 0 Å². The molecule has 0 radical (unpaired) electrons. The van der Waals surface area contributed by atoms with Crippen molar-refractivity contribution in [3.05, 3.63) is 53.1 Å². The molecule has 2 rings (SSSR count). The van der Waals surface area contributed by atoms with Crippen molar-refractivity contribution in [1.82, 2.24) is 0 Å². The molecule has 0 aliphatic heterocycles. The maximum atomic E-state index is 6.03. The lowest BCUT2D eigenvalue weighted by Crippen LogP contribution is -2.16. The van der Waals surface area contributed by atoms with Crippen molar-refractivity contribution in [2.45, 2.75) is 6.54 Å². The number of benzene rings is 2. The van der Waals surface area contributed by atoms with Crippen LogP contribution in [-0.2, 0) is 6.54 Å². The Labute approximate surface area is 118 Å². The van der Waals surface area contributed by atoms with Gasteiger partial charge in [0.1, 0.15) is 5.75 Å². The van der Waals surface area contributed by atoms with Crippen molar-refractivity contribution < 1.29 is 4.74 Å². The van der Waals surface area contributed by atoms with Crippen LogP contribution in [0.15, 0.2) is 42.5 Å². The van der Waals surface area contributed by atoms with E-state index < -0.39 is 0 Å². The Hall–Kier alpha value is -1.87. The Balaban J connectivity index is 2.15. The second kappa shape index (κ2) is 5.85. The minimum Gasteiger partial charge on any atom is -0.497 e. The van der Waals surface area contributed by atoms with E-state index in [1.165, 1.54) is 0 Å². The molecule has 3 nitrogen and oxygen atoms in total. The number of nitrogen functional groups attached to an aromatic ring is 1. The van der Waals surface area contributed by atoms with Crippen LogP contribution in [0.5, 0.6) is 5.75 Å². The second-order valence-corrected chi connectivity index (χ2v) is 4.82. The van der Waals surface area contributed by atoms with Gasteiger partial charge in [0.25, 0.3) is 0 Å². The lowest BCUT2D eigenvalue weighted by Gasteiger charge is -2.20. The summed E-state index contributed by atoms with van der Waals surface area (Å²) in [5, 5.41) is 0.594. The molecule has 2 aromatic rings. The van der Waals surface area contributed by atoms with Crippen LogP contribution in [0, 0.1) is 0 Å². The van der Waals surface area contributed by atoms with Crippen LogP contribution in [0.2, 0.25) is 5.02 Å². The molecular formula is C15H17ClN2O. The van der Waals surface area contributed by atoms with Gasteiger partial charge in [0, 0.05) is 25.3 Å². The third-order valence-electron chi connectivity index (χ3n) is 2.98. The molecule has 0 aromatic heterocycles. The third-order valence-corrected chi connectivity index (χ3v) is 3.31. The summed E-state index contributed by atoms with van der Waals surface area (Å²) in [5.74, 6) is 0.847. The number of halogens is 1. The summed E-state index contributed by atoms with van der Waals surface area (Å²) in [6, 6.07) is 13.7. The molecule has 0 spiro atoms. The van der Waals surface area contributed by atoms with E-state index in [0.717, 1.165) is 23.5 Å². The predicted molar refractivity (Wildman–Crippen MR) is 81.0 cm³/mol. The summed E-state index contributed by atoms with van der Waals surface area (Å²) in [6.45, 7) is 0.757. The van der Waals surface area contributed by atoms with Gasteiger partial charge < -0.3 is 15.4 Å². The number of hydrogen-bond donors (Lipinski definition) is 1. The molecule has 0 atom stereocenters.